The molecule has 2 aliphatic heterocycles. The first-order chi connectivity index (χ1) is 15.8. The number of aryl methyl sites for hydroxylation is 2. The van der Waals surface area contributed by atoms with Crippen LogP contribution in [0.5, 0.6) is 0 Å². The maximum atomic E-state index is 12.9. The second kappa shape index (κ2) is 8.85. The van der Waals surface area contributed by atoms with E-state index in [0.717, 1.165) is 4.90 Å². The van der Waals surface area contributed by atoms with Gasteiger partial charge >= 0.3 is 0 Å². The number of imide groups is 1. The second-order valence-electron chi connectivity index (χ2n) is 7.84. The van der Waals surface area contributed by atoms with E-state index in [-0.39, 0.29) is 35.9 Å². The predicted octanol–water partition coefficient (Wildman–Crippen LogP) is 0.683. The van der Waals surface area contributed by atoms with E-state index < -0.39 is 24.3 Å². The molecule has 0 spiro atoms. The summed E-state index contributed by atoms with van der Waals surface area (Å²) in [6.45, 7) is 3.65. The smallest absolute Gasteiger partial charge is 0.277 e. The van der Waals surface area contributed by atoms with Crippen molar-refractivity contribution in [2.24, 2.45) is 0 Å². The molecule has 0 aliphatic carbocycles. The average Bonchev–Trinajstić information content (AvgIpc) is 3.48. The summed E-state index contributed by atoms with van der Waals surface area (Å²) >= 11 is 0. The Kier molecular flexibility index (Phi) is 5.95. The van der Waals surface area contributed by atoms with Gasteiger partial charge in [0.25, 0.3) is 17.7 Å². The lowest BCUT2D eigenvalue weighted by Crippen LogP contribution is -2.46. The van der Waals surface area contributed by atoms with E-state index >= 15 is 0 Å². The third-order valence-electron chi connectivity index (χ3n) is 5.64. The minimum atomic E-state index is -0.553. The van der Waals surface area contributed by atoms with Crippen molar-refractivity contribution in [2.45, 2.75) is 26.7 Å². The largest absolute Gasteiger partial charge is 0.361 e. The summed E-state index contributed by atoms with van der Waals surface area (Å²) in [6.07, 6.45) is 0.589. The quantitative estimate of drug-likeness (QED) is 0.636. The summed E-state index contributed by atoms with van der Waals surface area (Å²) in [4.78, 5) is 63.5. The first-order valence-electron chi connectivity index (χ1n) is 10.6. The Balaban J connectivity index is 1.29. The Labute approximate surface area is 189 Å². The van der Waals surface area contributed by atoms with Gasteiger partial charge in [-0.05, 0) is 32.4 Å². The van der Waals surface area contributed by atoms with Crippen molar-refractivity contribution in [2.75, 3.05) is 26.2 Å². The molecule has 2 aliphatic rings. The molecule has 2 aromatic rings. The second-order valence-corrected chi connectivity index (χ2v) is 7.84. The summed E-state index contributed by atoms with van der Waals surface area (Å²) in [5, 5.41) is 9.08. The normalized spacial score (nSPS) is 15.3. The van der Waals surface area contributed by atoms with Crippen LogP contribution in [0.25, 0.3) is 0 Å². The number of benzene rings is 1. The highest BCUT2D eigenvalue weighted by Crippen LogP contribution is 2.22. The van der Waals surface area contributed by atoms with E-state index in [2.05, 4.69) is 10.5 Å². The molecule has 0 radical (unpaired) electrons. The summed E-state index contributed by atoms with van der Waals surface area (Å²) in [5.41, 5.74) is 1.33. The Bertz CT molecular complexity index is 1100. The number of rotatable bonds is 6. The molecule has 172 valence electrons. The van der Waals surface area contributed by atoms with Gasteiger partial charge in [0.15, 0.2) is 0 Å². The predicted molar refractivity (Wildman–Crippen MR) is 113 cm³/mol. The number of hydrazine groups is 1. The summed E-state index contributed by atoms with van der Waals surface area (Å²) in [5.74, 6) is -1.89. The van der Waals surface area contributed by atoms with Crippen LogP contribution in [-0.4, -0.2) is 75.8 Å². The molecule has 1 saturated heterocycles. The van der Waals surface area contributed by atoms with Crippen LogP contribution >= 0.6 is 0 Å². The molecule has 4 rings (SSSR count). The first-order valence-corrected chi connectivity index (χ1v) is 10.6. The number of hydrogen-bond donors (Lipinski definition) is 1. The van der Waals surface area contributed by atoms with Crippen molar-refractivity contribution < 1.29 is 28.5 Å². The zero-order valence-corrected chi connectivity index (χ0v) is 18.3. The maximum absolute atomic E-state index is 12.9. The molecule has 1 aromatic carbocycles. The van der Waals surface area contributed by atoms with Crippen LogP contribution in [0.1, 0.15) is 55.4 Å². The van der Waals surface area contributed by atoms with Gasteiger partial charge in [-0.25, -0.2) is 5.01 Å². The van der Waals surface area contributed by atoms with Gasteiger partial charge in [0.05, 0.1) is 16.8 Å². The zero-order chi connectivity index (χ0) is 23.7. The van der Waals surface area contributed by atoms with Crippen molar-refractivity contribution in [1.29, 1.82) is 0 Å². The van der Waals surface area contributed by atoms with Gasteiger partial charge in [-0.3, -0.25) is 33.9 Å². The third kappa shape index (κ3) is 4.09. The molecule has 33 heavy (non-hydrogen) atoms. The van der Waals surface area contributed by atoms with Gasteiger partial charge in [0.2, 0.25) is 11.8 Å². The van der Waals surface area contributed by atoms with E-state index in [1.807, 2.05) is 0 Å². The molecular formula is C22H23N5O6. The maximum Gasteiger partial charge on any atom is 0.277 e. The lowest BCUT2D eigenvalue weighted by molar-refractivity contribution is -0.140. The molecule has 1 aromatic heterocycles. The molecule has 1 fully saturated rings. The summed E-state index contributed by atoms with van der Waals surface area (Å²) in [6, 6.07) is 6.38. The lowest BCUT2D eigenvalue weighted by atomic mass is 10.1. The number of amides is 5. The minimum Gasteiger partial charge on any atom is -0.361 e. The number of nitrogens with one attached hydrogen (secondary N) is 1. The molecule has 11 nitrogen and oxygen atoms in total. The Morgan fingerprint density at radius 1 is 1.03 bits per heavy atom. The zero-order valence-electron chi connectivity index (χ0n) is 18.3. The molecule has 0 unspecified atom stereocenters. The molecule has 0 atom stereocenters. The Morgan fingerprint density at radius 2 is 1.67 bits per heavy atom. The van der Waals surface area contributed by atoms with Crippen LogP contribution in [0.15, 0.2) is 28.8 Å². The third-order valence-corrected chi connectivity index (χ3v) is 5.64. The number of fused-ring (bicyclic) bond motifs is 1. The van der Waals surface area contributed by atoms with Crippen LogP contribution in [0.2, 0.25) is 0 Å². The fraction of sp³-hybridized carbons (Fsp3) is 0.364. The summed E-state index contributed by atoms with van der Waals surface area (Å²) < 4.78 is 5.05. The van der Waals surface area contributed by atoms with Crippen LogP contribution in [0, 0.1) is 13.8 Å². The number of hydrogen-bond acceptors (Lipinski definition) is 7. The van der Waals surface area contributed by atoms with Crippen molar-refractivity contribution in [3.63, 3.8) is 0 Å². The van der Waals surface area contributed by atoms with E-state index in [9.17, 15) is 24.0 Å². The molecule has 11 heteroatoms. The highest BCUT2D eigenvalue weighted by atomic mass is 16.5. The molecule has 0 saturated carbocycles. The number of carbonyl (C=O) groups is 5. The fourth-order valence-electron chi connectivity index (χ4n) is 4.02. The molecule has 0 bridgehead atoms. The molecule has 5 amide bonds. The highest BCUT2D eigenvalue weighted by molar-refractivity contribution is 6.22. The van der Waals surface area contributed by atoms with Gasteiger partial charge in [0, 0.05) is 26.1 Å². The van der Waals surface area contributed by atoms with E-state index in [4.69, 9.17) is 4.52 Å². The Morgan fingerprint density at radius 3 is 2.27 bits per heavy atom. The van der Waals surface area contributed by atoms with Crippen molar-refractivity contribution in [1.82, 2.24) is 25.4 Å². The fourth-order valence-corrected chi connectivity index (χ4v) is 4.02. The van der Waals surface area contributed by atoms with Gasteiger partial charge in [-0.2, -0.15) is 0 Å². The van der Waals surface area contributed by atoms with Crippen LogP contribution in [-0.2, 0) is 9.59 Å². The van der Waals surface area contributed by atoms with E-state index in [1.54, 1.807) is 26.0 Å². The SMILES string of the molecule is Cc1noc(C)c1C(=O)N1CCCN1C(=O)CCNC(=O)CN1C(=O)c2ccccc2C1=O. The molecular weight excluding hydrogens is 430 g/mol. The van der Waals surface area contributed by atoms with Crippen molar-refractivity contribution >= 4 is 29.5 Å². The minimum absolute atomic E-state index is 0.00465. The Hall–Kier alpha value is -4.02. The first kappa shape index (κ1) is 22.2. The monoisotopic (exact) mass is 453 g/mol. The van der Waals surface area contributed by atoms with Crippen molar-refractivity contribution in [3.8, 4) is 0 Å². The average molecular weight is 453 g/mol. The van der Waals surface area contributed by atoms with Crippen LogP contribution in [0.3, 0.4) is 0 Å². The number of carbonyl (C=O) groups excluding carboxylic acids is 5. The summed E-state index contributed by atoms with van der Waals surface area (Å²) in [7, 11) is 0. The lowest BCUT2D eigenvalue weighted by Gasteiger charge is -2.28. The molecule has 1 N–H and O–H groups in total. The molecule has 3 heterocycles. The number of nitrogens with zero attached hydrogens (tertiary/aromatic N) is 4. The van der Waals surface area contributed by atoms with Gasteiger partial charge < -0.3 is 9.84 Å². The van der Waals surface area contributed by atoms with E-state index in [0.29, 0.717) is 36.5 Å². The number of aromatic nitrogens is 1. The van der Waals surface area contributed by atoms with Crippen LogP contribution in [0.4, 0.5) is 0 Å². The van der Waals surface area contributed by atoms with Gasteiger partial charge in [0.1, 0.15) is 17.9 Å². The highest BCUT2D eigenvalue weighted by Gasteiger charge is 2.36. The van der Waals surface area contributed by atoms with Crippen molar-refractivity contribution in [3.05, 3.63) is 52.4 Å². The van der Waals surface area contributed by atoms with Gasteiger partial charge in [-0.1, -0.05) is 17.3 Å². The topological polar surface area (TPSA) is 133 Å². The van der Waals surface area contributed by atoms with Crippen LogP contribution < -0.4 is 5.32 Å². The van der Waals surface area contributed by atoms with E-state index in [1.165, 1.54) is 22.2 Å². The standard InChI is InChI=1S/C22H23N5O6/c1-13-19(14(2)33-24-13)22(32)27-11-5-10-26(27)18(29)8-9-23-17(28)12-25-20(30)15-6-3-4-7-16(15)21(25)31/h3-4,6-7H,5,8-12H2,1-2H3,(H,23,28). The van der Waals surface area contributed by atoms with Gasteiger partial charge in [-0.15, -0.1) is 0 Å².